The normalized spacial score (nSPS) is 11.7. The Balaban J connectivity index is 0.000000125. The number of carbonyl (C=O) groups excluding carboxylic acids is 4. The second-order valence-electron chi connectivity index (χ2n) is 31.4. The monoisotopic (exact) mass is 2500 g/mol. The van der Waals surface area contributed by atoms with Crippen molar-refractivity contribution in [2.75, 3.05) is 0 Å². The Morgan fingerprint density at radius 1 is 0.272 bits per heavy atom. The maximum Gasteiger partial charge on any atom is 0.155 e. The molecule has 0 aliphatic heterocycles. The largest absolute Gasteiger partial charge is 0.512 e. The molecule has 28 heteroatoms. The van der Waals surface area contributed by atoms with Crippen LogP contribution in [0.5, 0.6) is 0 Å². The summed E-state index contributed by atoms with van der Waals surface area (Å²) < 4.78 is 33.7. The molecule has 0 aliphatic carbocycles. The molecule has 4 N–H and O–H groups in total. The summed E-state index contributed by atoms with van der Waals surface area (Å²) in [5.74, 6) is 2.34. The summed E-state index contributed by atoms with van der Waals surface area (Å²) in [6.45, 7) is 11.4. The summed E-state index contributed by atoms with van der Waals surface area (Å²) in [7, 11) is 0. The van der Waals surface area contributed by atoms with Gasteiger partial charge >= 0.3 is 0 Å². The van der Waals surface area contributed by atoms with Crippen molar-refractivity contribution in [2.24, 2.45) is 0 Å². The molecule has 20 heterocycles. The van der Waals surface area contributed by atoms with Crippen LogP contribution in [-0.4, -0.2) is 101 Å². The third-order valence-electron chi connectivity index (χ3n) is 22.0. The van der Waals surface area contributed by atoms with E-state index in [1.54, 1.807) is 12.4 Å². The van der Waals surface area contributed by atoms with E-state index in [1.807, 2.05) is 135 Å². The molecule has 0 saturated heterocycles. The number of nitrogens with zero attached hydrogens (tertiary/aromatic N) is 12. The van der Waals surface area contributed by atoms with E-state index in [0.29, 0.717) is 23.0 Å². The van der Waals surface area contributed by atoms with Crippen LogP contribution in [0.4, 0.5) is 0 Å². The Morgan fingerprint density at radius 3 is 0.890 bits per heavy atom. The second kappa shape index (κ2) is 40.3. The van der Waals surface area contributed by atoms with Crippen LogP contribution >= 0.6 is 0 Å². The van der Waals surface area contributed by atoms with Crippen molar-refractivity contribution < 1.29 is 138 Å². The molecule has 24 nitrogen and oxygen atoms in total. The van der Waals surface area contributed by atoms with Gasteiger partial charge in [-0.05, 0) is 150 Å². The number of aliphatic hydroxyl groups is 4. The molecule has 6 aromatic carbocycles. The van der Waals surface area contributed by atoms with Gasteiger partial charge < -0.3 is 85.6 Å². The first-order valence-electron chi connectivity index (χ1n) is 41.9. The molecular formula is C108H76Ir4N12O12-4. The van der Waals surface area contributed by atoms with Gasteiger partial charge in [0.15, 0.2) is 23.1 Å². The number of furan rings is 4. The van der Waals surface area contributed by atoms with Gasteiger partial charge in [0.05, 0.1) is 46.1 Å². The first-order valence-corrected chi connectivity index (χ1v) is 41.9. The van der Waals surface area contributed by atoms with Gasteiger partial charge in [-0.25, -0.2) is 0 Å². The number of hydrogen-bond acceptors (Lipinski definition) is 20. The molecule has 0 saturated carbocycles. The molecule has 26 rings (SSSR count). The third kappa shape index (κ3) is 18.0. The van der Waals surface area contributed by atoms with E-state index in [1.165, 1.54) is 112 Å². The van der Waals surface area contributed by atoms with Gasteiger partial charge in [0.25, 0.3) is 0 Å². The Bertz CT molecular complexity index is 8470. The molecule has 680 valence electrons. The Kier molecular flexibility index (Phi) is 28.3. The number of fused-ring (bicyclic) bond motifs is 26. The summed E-state index contributed by atoms with van der Waals surface area (Å²) in [6, 6.07) is 83.1. The maximum atomic E-state index is 10.0. The summed E-state index contributed by atoms with van der Waals surface area (Å²) in [6.07, 6.45) is 23.2. The molecule has 26 aromatic rings. The minimum absolute atomic E-state index is 0. The third-order valence-corrected chi connectivity index (χ3v) is 22.0. The molecular weight excluding hydrogens is 2430 g/mol. The van der Waals surface area contributed by atoms with Gasteiger partial charge in [0.1, 0.15) is 22.9 Å². The van der Waals surface area contributed by atoms with Crippen LogP contribution in [-0.2, 0) is 99.6 Å². The van der Waals surface area contributed by atoms with Gasteiger partial charge in [-0.3, -0.25) is 29.1 Å². The molecule has 0 amide bonds. The molecule has 0 bridgehead atoms. The fourth-order valence-corrected chi connectivity index (χ4v) is 17.1. The Morgan fingerprint density at radius 2 is 0.551 bits per heavy atom. The zero-order valence-electron chi connectivity index (χ0n) is 73.5. The summed E-state index contributed by atoms with van der Waals surface area (Å²) in [5, 5.41) is 53.1. The SMILES string of the molecule is CC(=O)C=C(C)O.CC(=O)C=C(C)O.CC(=O)C=C(C)O.CC(=O)C=C(C)O.[Ir].[Ir].[Ir].[Ir].[c-]1c(-c2ccccn2)oc2c1c1cncc3c4ccccc4n2c13.[c-]1c(-c2ccccn2)oc2c1c1nccc3c4ccccc4n2c31.[c-]1c(-c2nccc3ccccc23)oc2c1c1cncc3c4ccccc4n2c13.[c-]1c(-c2nccc3ccccc23)oc2c1c1nccc3c4ccccc4n2c31. The number of carbonyl (C=O) groups is 4. The number of rotatable bonds is 8. The van der Waals surface area contributed by atoms with Crippen LogP contribution in [0.3, 0.4) is 0 Å². The smallest absolute Gasteiger partial charge is 0.155 e. The van der Waals surface area contributed by atoms with E-state index in [9.17, 15) is 19.2 Å². The fourth-order valence-electron chi connectivity index (χ4n) is 17.1. The van der Waals surface area contributed by atoms with Crippen molar-refractivity contribution in [3.63, 3.8) is 0 Å². The number of aromatic nitrogens is 12. The van der Waals surface area contributed by atoms with Crippen molar-refractivity contribution in [1.29, 1.82) is 0 Å². The van der Waals surface area contributed by atoms with Crippen LogP contribution < -0.4 is 0 Å². The average Bonchev–Trinajstić information content (AvgIpc) is 1.55. The molecule has 0 unspecified atom stereocenters. The predicted molar refractivity (Wildman–Crippen MR) is 516 cm³/mol. The van der Waals surface area contributed by atoms with Crippen LogP contribution in [0.25, 0.3) is 221 Å². The van der Waals surface area contributed by atoms with Crippen LogP contribution in [0.1, 0.15) is 55.4 Å². The van der Waals surface area contributed by atoms with Gasteiger partial charge in [0.2, 0.25) is 0 Å². The zero-order chi connectivity index (χ0) is 91.3. The number of para-hydroxylation sites is 4. The zero-order valence-corrected chi connectivity index (χ0v) is 83.0. The van der Waals surface area contributed by atoms with Gasteiger partial charge in [-0.1, -0.05) is 202 Å². The first kappa shape index (κ1) is 95.4. The predicted octanol–water partition coefficient (Wildman–Crippen LogP) is 25.2. The van der Waals surface area contributed by atoms with E-state index in [2.05, 4.69) is 203 Å². The van der Waals surface area contributed by atoms with Crippen molar-refractivity contribution >= 4 is 198 Å². The summed E-state index contributed by atoms with van der Waals surface area (Å²) in [4.78, 5) is 76.1. The topological polar surface area (TPSA) is 323 Å². The molecule has 0 spiro atoms. The minimum Gasteiger partial charge on any atom is -0.512 e. The minimum atomic E-state index is -0.125. The maximum absolute atomic E-state index is 10.0. The average molecular weight is 2500 g/mol. The van der Waals surface area contributed by atoms with Gasteiger partial charge in [-0.2, -0.15) is 0 Å². The van der Waals surface area contributed by atoms with Crippen molar-refractivity contribution in [3.05, 3.63) is 340 Å². The van der Waals surface area contributed by atoms with E-state index >= 15 is 0 Å². The van der Waals surface area contributed by atoms with Crippen molar-refractivity contribution in [2.45, 2.75) is 55.4 Å². The van der Waals surface area contributed by atoms with E-state index in [0.717, 1.165) is 165 Å². The molecule has 0 fully saturated rings. The molecule has 0 atom stereocenters. The molecule has 4 radical (unpaired) electrons. The van der Waals surface area contributed by atoms with Crippen LogP contribution in [0.15, 0.2) is 333 Å². The number of allylic oxidation sites excluding steroid dienone is 8. The van der Waals surface area contributed by atoms with E-state index < -0.39 is 0 Å². The second-order valence-corrected chi connectivity index (χ2v) is 31.4. The van der Waals surface area contributed by atoms with Crippen molar-refractivity contribution in [1.82, 2.24) is 57.5 Å². The fraction of sp³-hybridized carbons (Fsp3) is 0.0741. The Hall–Kier alpha value is -15.2. The van der Waals surface area contributed by atoms with E-state index in [4.69, 9.17) is 38.1 Å². The standard InChI is InChI=1S/2C24H12N3O.2C20H10N3O.4C5H8O2.4Ir/c1-2-6-15-14(5-1)9-11-25-21(15)20-13-18-22-23-17(10-12-26-22)16-7-3-4-8-19(16)27(23)24(18)28-20;1-2-6-15-14(5-1)9-10-26-22(15)21-11-17-19-13-25-12-18-16-7-3-4-8-20(16)27(23(18)19)24(17)28-21;1-2-7-16-12(5-1)13-8-10-22-18-14-11-17(15-6-3-4-9-21-15)24-20(14)23(16)19(13)18;1-2-7-17-12(5-1)14-10-21-11-15-13-9-18(16-6-3-4-8-22-16)24-20(13)23(17)19(14)15;4*1-4(6)3-5(2)7;;;;/h1-12H;1-10,12-13H;1-10H;1-8,10-11H;4*3,6H,1-2H3;;;;/q4*-1;;;;;;;;. The molecule has 20 aromatic heterocycles. The number of aliphatic hydroxyl groups excluding tert-OH is 4. The molecule has 0 aliphatic rings. The van der Waals surface area contributed by atoms with Crippen LogP contribution in [0, 0.1) is 24.3 Å². The summed E-state index contributed by atoms with van der Waals surface area (Å²) in [5.41, 5.74) is 17.1. The number of benzene rings is 6. The molecule has 136 heavy (non-hydrogen) atoms. The Labute approximate surface area is 827 Å². The number of hydrogen-bond donors (Lipinski definition) is 4. The summed E-state index contributed by atoms with van der Waals surface area (Å²) >= 11 is 0. The first-order chi connectivity index (χ1) is 64.1. The van der Waals surface area contributed by atoms with Crippen LogP contribution in [0.2, 0.25) is 0 Å². The number of ketones is 4. The number of pyridine rings is 8. The van der Waals surface area contributed by atoms with Crippen molar-refractivity contribution in [3.8, 4) is 45.8 Å². The van der Waals surface area contributed by atoms with Gasteiger partial charge in [0, 0.05) is 275 Å². The van der Waals surface area contributed by atoms with E-state index in [-0.39, 0.29) is 127 Å². The van der Waals surface area contributed by atoms with Gasteiger partial charge in [-0.15, -0.1) is 0 Å². The quantitative estimate of drug-likeness (QED) is 0.0624.